The fourth-order valence-corrected chi connectivity index (χ4v) is 12.4. The Balaban J connectivity index is 1.25. The summed E-state index contributed by atoms with van der Waals surface area (Å²) in [5.74, 6) is -0.876. The van der Waals surface area contributed by atoms with Crippen LogP contribution >= 0.6 is 0 Å². The third kappa shape index (κ3) is 3.19. The third-order valence-electron chi connectivity index (χ3n) is 14.1. The molecule has 6 aliphatic carbocycles. The molecule has 7 N–H and O–H groups in total. The van der Waals surface area contributed by atoms with E-state index in [-0.39, 0.29) is 60.6 Å². The normalized spacial score (nSPS) is 59.5. The Kier molecular flexibility index (Phi) is 6.27. The van der Waals surface area contributed by atoms with Gasteiger partial charge >= 0.3 is 0 Å². The van der Waals surface area contributed by atoms with E-state index in [1.807, 2.05) is 13.8 Å². The van der Waals surface area contributed by atoms with Gasteiger partial charge in [0.1, 0.15) is 30.0 Å². The van der Waals surface area contributed by atoms with Crippen LogP contribution in [0.25, 0.3) is 0 Å². The first kappa shape index (κ1) is 29.7. The molecular formula is C32H48O10. The molecule has 15 atom stereocenters. The maximum atomic E-state index is 12.8. The molecule has 1 aliphatic heterocycles. The lowest BCUT2D eigenvalue weighted by Crippen LogP contribution is -2.61. The monoisotopic (exact) mass is 592 g/mol. The van der Waals surface area contributed by atoms with Gasteiger partial charge in [0.25, 0.3) is 0 Å². The summed E-state index contributed by atoms with van der Waals surface area (Å²) in [6.45, 7) is 7.92. The highest BCUT2D eigenvalue weighted by Gasteiger charge is 2.86. The zero-order valence-electron chi connectivity index (χ0n) is 25.1. The van der Waals surface area contributed by atoms with Crippen LogP contribution in [0.4, 0.5) is 0 Å². The molecule has 0 aromatic heterocycles. The average Bonchev–Trinajstić information content (AvgIpc) is 3.56. The Morgan fingerprint density at radius 2 is 1.79 bits per heavy atom. The van der Waals surface area contributed by atoms with Crippen molar-refractivity contribution in [1.82, 2.24) is 0 Å². The van der Waals surface area contributed by atoms with Gasteiger partial charge in [-0.15, -0.1) is 0 Å². The first-order chi connectivity index (χ1) is 19.6. The fourth-order valence-electron chi connectivity index (χ4n) is 12.4. The molecule has 1 saturated heterocycles. The van der Waals surface area contributed by atoms with E-state index in [1.54, 1.807) is 0 Å². The maximum Gasteiger partial charge on any atom is 0.186 e. The van der Waals surface area contributed by atoms with E-state index in [9.17, 15) is 40.5 Å². The number of aliphatic hydroxyl groups is 7. The Morgan fingerprint density at radius 1 is 1.07 bits per heavy atom. The lowest BCUT2D eigenvalue weighted by Gasteiger charge is -2.62. The van der Waals surface area contributed by atoms with Gasteiger partial charge in [-0.05, 0) is 66.6 Å². The van der Waals surface area contributed by atoms with Crippen molar-refractivity contribution >= 4 is 5.78 Å². The van der Waals surface area contributed by atoms with E-state index in [1.165, 1.54) is 0 Å². The number of ketones is 1. The largest absolute Gasteiger partial charge is 0.395 e. The van der Waals surface area contributed by atoms with Gasteiger partial charge in [0.15, 0.2) is 12.1 Å². The number of carbonyl (C=O) groups is 1. The number of Topliss-reactive ketones (excluding diaryl/α,β-unsaturated/α-hetero) is 1. The molecule has 10 heteroatoms. The molecule has 7 aliphatic rings. The Labute approximate surface area is 246 Å². The minimum absolute atomic E-state index is 0.0934. The second-order valence-corrected chi connectivity index (χ2v) is 16.0. The van der Waals surface area contributed by atoms with E-state index < -0.39 is 64.6 Å². The van der Waals surface area contributed by atoms with Crippen LogP contribution in [0, 0.1) is 44.8 Å². The number of rotatable bonds is 3. The van der Waals surface area contributed by atoms with Crippen LogP contribution in [0.2, 0.25) is 0 Å². The number of aliphatic hydroxyl groups excluding tert-OH is 6. The molecule has 0 aromatic rings. The lowest BCUT2D eigenvalue weighted by molar-refractivity contribution is -0.301. The van der Waals surface area contributed by atoms with Gasteiger partial charge in [-0.1, -0.05) is 39.3 Å². The molecule has 1 heterocycles. The number of allylic oxidation sites excluding steroid dienone is 1. The molecule has 15 unspecified atom stereocenters. The van der Waals surface area contributed by atoms with Gasteiger partial charge in [0.2, 0.25) is 0 Å². The number of ether oxygens (including phenoxy) is 2. The number of hydrogen-bond acceptors (Lipinski definition) is 10. The summed E-state index contributed by atoms with van der Waals surface area (Å²) in [5, 5.41) is 77.1. The predicted octanol–water partition coefficient (Wildman–Crippen LogP) is 0.424. The van der Waals surface area contributed by atoms with Crippen molar-refractivity contribution < 1.29 is 50.0 Å². The summed E-state index contributed by atoms with van der Waals surface area (Å²) in [4.78, 5) is 12.8. The van der Waals surface area contributed by atoms with Crippen LogP contribution in [0.1, 0.15) is 72.6 Å². The first-order valence-electron chi connectivity index (χ1n) is 15.8. The van der Waals surface area contributed by atoms with E-state index in [0.29, 0.717) is 19.3 Å². The number of carbonyl (C=O) groups excluding carboxylic acids is 1. The van der Waals surface area contributed by atoms with Crippen LogP contribution in [0.15, 0.2) is 11.6 Å². The molecule has 2 spiro atoms. The van der Waals surface area contributed by atoms with Gasteiger partial charge in [0.05, 0.1) is 25.4 Å². The Bertz CT molecular complexity index is 1200. The summed E-state index contributed by atoms with van der Waals surface area (Å²) < 4.78 is 11.9. The van der Waals surface area contributed by atoms with E-state index in [2.05, 4.69) is 19.9 Å². The fraction of sp³-hybridized carbons (Fsp3) is 0.906. The highest BCUT2D eigenvalue weighted by atomic mass is 16.7. The summed E-state index contributed by atoms with van der Waals surface area (Å²) in [5.41, 5.74) is -3.43. The number of hydrogen-bond donors (Lipinski definition) is 7. The van der Waals surface area contributed by atoms with Crippen LogP contribution in [-0.2, 0) is 14.3 Å². The molecule has 0 bridgehead atoms. The Hall–Kier alpha value is -0.950. The van der Waals surface area contributed by atoms with Crippen LogP contribution in [0.3, 0.4) is 0 Å². The highest BCUT2D eigenvalue weighted by Crippen LogP contribution is 2.88. The third-order valence-corrected chi connectivity index (χ3v) is 14.1. The summed E-state index contributed by atoms with van der Waals surface area (Å²) >= 11 is 0. The molecule has 10 nitrogen and oxygen atoms in total. The second-order valence-electron chi connectivity index (χ2n) is 16.0. The summed E-state index contributed by atoms with van der Waals surface area (Å²) in [6, 6.07) is 0. The van der Waals surface area contributed by atoms with E-state index >= 15 is 0 Å². The molecule has 5 saturated carbocycles. The summed E-state index contributed by atoms with van der Waals surface area (Å²) in [6.07, 6.45) is -1.77. The first-order valence-corrected chi connectivity index (χ1v) is 15.8. The second kappa shape index (κ2) is 8.85. The zero-order chi connectivity index (χ0) is 30.4. The van der Waals surface area contributed by atoms with Crippen molar-refractivity contribution in [2.45, 2.75) is 121 Å². The van der Waals surface area contributed by atoms with Crippen molar-refractivity contribution in [3.8, 4) is 0 Å². The van der Waals surface area contributed by atoms with Gasteiger partial charge in [-0.25, -0.2) is 0 Å². The molecule has 0 aromatic carbocycles. The minimum Gasteiger partial charge on any atom is -0.395 e. The van der Waals surface area contributed by atoms with Gasteiger partial charge in [-0.2, -0.15) is 0 Å². The molecule has 236 valence electrons. The number of fused-ring (bicyclic) bond motifs is 4. The predicted molar refractivity (Wildman–Crippen MR) is 147 cm³/mol. The van der Waals surface area contributed by atoms with E-state index in [4.69, 9.17) is 9.47 Å². The molecule has 7 rings (SSSR count). The van der Waals surface area contributed by atoms with Crippen molar-refractivity contribution in [1.29, 1.82) is 0 Å². The van der Waals surface area contributed by atoms with Crippen LogP contribution in [0.5, 0.6) is 0 Å². The Morgan fingerprint density at radius 3 is 2.48 bits per heavy atom. The molecule has 42 heavy (non-hydrogen) atoms. The highest BCUT2D eigenvalue weighted by molar-refractivity contribution is 5.86. The molecule has 0 amide bonds. The molecular weight excluding hydrogens is 544 g/mol. The van der Waals surface area contributed by atoms with Crippen LogP contribution in [-0.4, -0.2) is 103 Å². The average molecular weight is 593 g/mol. The zero-order valence-corrected chi connectivity index (χ0v) is 25.1. The van der Waals surface area contributed by atoms with Gasteiger partial charge in [-0.3, -0.25) is 4.79 Å². The maximum absolute atomic E-state index is 12.8. The van der Waals surface area contributed by atoms with Gasteiger partial charge in [0, 0.05) is 23.2 Å². The smallest absolute Gasteiger partial charge is 0.186 e. The lowest BCUT2D eigenvalue weighted by atomic mass is 9.44. The van der Waals surface area contributed by atoms with Crippen molar-refractivity contribution in [2.75, 3.05) is 13.2 Å². The topological polar surface area (TPSA) is 177 Å². The van der Waals surface area contributed by atoms with Crippen molar-refractivity contribution in [3.05, 3.63) is 11.6 Å². The van der Waals surface area contributed by atoms with E-state index in [0.717, 1.165) is 18.4 Å². The minimum atomic E-state index is -1.67. The summed E-state index contributed by atoms with van der Waals surface area (Å²) in [7, 11) is 0. The SMILES string of the molecule is CC1CC(=O)C(O)C2(O)CC3(CO)C4=CCC5C(C)(C)C(OC6OCC(O)C(O)C6O)CCC56CC46C(O)CC3(C)C12. The van der Waals surface area contributed by atoms with Gasteiger partial charge < -0.3 is 45.2 Å². The standard InChI is InChI=1S/C32H48O10/c1-15-9-16(34)25(39)32(40)13-30(14-33)19-6-5-18-27(2,3)21(42-26-23(38)22(37)17(35)11-41-26)7-8-29(18)12-31(19,29)20(36)10-28(30,4)24(15)32/h6,15,17-18,20-26,33,35-40H,5,7-14H2,1-4H3. The quantitative estimate of drug-likeness (QED) is 0.227. The molecule has 6 fully saturated rings. The van der Waals surface area contributed by atoms with Crippen molar-refractivity contribution in [2.24, 2.45) is 44.8 Å². The molecule has 0 radical (unpaired) electrons. The van der Waals surface area contributed by atoms with Crippen molar-refractivity contribution in [3.63, 3.8) is 0 Å². The van der Waals surface area contributed by atoms with Crippen LogP contribution < -0.4 is 0 Å².